The number of aromatic nitrogens is 2. The van der Waals surface area contributed by atoms with Gasteiger partial charge in [0.2, 0.25) is 0 Å². The van der Waals surface area contributed by atoms with Crippen molar-refractivity contribution in [3.63, 3.8) is 0 Å². The second kappa shape index (κ2) is 8.51. The Balaban J connectivity index is 1.93. The van der Waals surface area contributed by atoms with Crippen LogP contribution < -0.4 is 4.74 Å². The van der Waals surface area contributed by atoms with E-state index in [1.807, 2.05) is 38.1 Å². The molecule has 0 fully saturated rings. The van der Waals surface area contributed by atoms with Crippen molar-refractivity contribution < 1.29 is 14.3 Å². The molecule has 0 aliphatic carbocycles. The van der Waals surface area contributed by atoms with Crippen LogP contribution in [0.1, 0.15) is 20.3 Å². The number of thiophene rings is 1. The molecule has 136 valence electrons. The highest BCUT2D eigenvalue weighted by Crippen LogP contribution is 2.39. The average Bonchev–Trinajstić information content (AvgIpc) is 3.11. The molecule has 0 aliphatic rings. The van der Waals surface area contributed by atoms with Gasteiger partial charge < -0.3 is 9.47 Å². The number of methoxy groups -OCH3 is 1. The van der Waals surface area contributed by atoms with E-state index in [2.05, 4.69) is 15.3 Å². The summed E-state index contributed by atoms with van der Waals surface area (Å²) >= 11 is 2.98. The largest absolute Gasteiger partial charge is 0.497 e. The Bertz CT molecular complexity index is 893. The molecule has 1 aromatic carbocycles. The van der Waals surface area contributed by atoms with Gasteiger partial charge in [-0.2, -0.15) is 0 Å². The van der Waals surface area contributed by atoms with Crippen LogP contribution in [0.5, 0.6) is 5.75 Å². The first-order chi connectivity index (χ1) is 12.6. The first kappa shape index (κ1) is 18.7. The molecule has 3 rings (SSSR count). The highest BCUT2D eigenvalue weighted by Gasteiger charge is 2.20. The number of hydrogen-bond acceptors (Lipinski definition) is 7. The lowest BCUT2D eigenvalue weighted by molar-refractivity contribution is -0.142. The van der Waals surface area contributed by atoms with Gasteiger partial charge in [-0.1, -0.05) is 30.8 Å². The molecule has 0 amide bonds. The zero-order valence-electron chi connectivity index (χ0n) is 14.9. The Morgan fingerprint density at radius 2 is 2.04 bits per heavy atom. The maximum Gasteiger partial charge on any atom is 0.319 e. The van der Waals surface area contributed by atoms with Crippen molar-refractivity contribution in [2.75, 3.05) is 13.7 Å². The van der Waals surface area contributed by atoms with E-state index in [1.165, 1.54) is 11.8 Å². The van der Waals surface area contributed by atoms with Crippen LogP contribution >= 0.6 is 23.1 Å². The van der Waals surface area contributed by atoms with Crippen LogP contribution in [0.2, 0.25) is 0 Å². The molecule has 0 saturated carbocycles. The Morgan fingerprint density at radius 1 is 1.27 bits per heavy atom. The number of carbonyl (C=O) groups excluding carboxylic acids is 1. The molecule has 0 radical (unpaired) electrons. The maximum absolute atomic E-state index is 12.1. The number of nitrogens with zero attached hydrogens (tertiary/aromatic N) is 2. The van der Waals surface area contributed by atoms with Crippen molar-refractivity contribution in [1.29, 1.82) is 0 Å². The van der Waals surface area contributed by atoms with E-state index in [4.69, 9.17) is 9.47 Å². The van der Waals surface area contributed by atoms with Crippen LogP contribution in [0.15, 0.2) is 41.0 Å². The van der Waals surface area contributed by atoms with E-state index in [0.717, 1.165) is 38.5 Å². The monoisotopic (exact) mass is 388 g/mol. The van der Waals surface area contributed by atoms with Gasteiger partial charge in [-0.15, -0.1) is 11.3 Å². The van der Waals surface area contributed by atoms with Crippen molar-refractivity contribution in [3.8, 4) is 16.9 Å². The van der Waals surface area contributed by atoms with Gasteiger partial charge in [0.1, 0.15) is 27.2 Å². The lowest BCUT2D eigenvalue weighted by Crippen LogP contribution is -2.17. The summed E-state index contributed by atoms with van der Waals surface area (Å²) in [4.78, 5) is 21.8. The van der Waals surface area contributed by atoms with Gasteiger partial charge in [0, 0.05) is 10.9 Å². The van der Waals surface area contributed by atoms with Crippen LogP contribution in [-0.4, -0.2) is 34.9 Å². The fourth-order valence-electron chi connectivity index (χ4n) is 2.46. The predicted molar refractivity (Wildman–Crippen MR) is 106 cm³/mol. The minimum absolute atomic E-state index is 0.218. The highest BCUT2D eigenvalue weighted by molar-refractivity contribution is 8.00. The zero-order chi connectivity index (χ0) is 18.5. The zero-order valence-corrected chi connectivity index (χ0v) is 16.5. The lowest BCUT2D eigenvalue weighted by Gasteiger charge is -2.11. The van der Waals surface area contributed by atoms with Crippen LogP contribution in [0.25, 0.3) is 21.3 Å². The summed E-state index contributed by atoms with van der Waals surface area (Å²) < 4.78 is 10.5. The summed E-state index contributed by atoms with van der Waals surface area (Å²) in [5, 5.41) is 3.51. The van der Waals surface area contributed by atoms with Gasteiger partial charge in [0.25, 0.3) is 0 Å². The molecule has 0 unspecified atom stereocenters. The number of fused-ring (bicyclic) bond motifs is 1. The van der Waals surface area contributed by atoms with Crippen molar-refractivity contribution in [2.24, 2.45) is 0 Å². The number of benzene rings is 1. The normalized spacial score (nSPS) is 12.1. The average molecular weight is 389 g/mol. The number of hydrogen-bond donors (Lipinski definition) is 0. The fourth-order valence-corrected chi connectivity index (χ4v) is 4.37. The van der Waals surface area contributed by atoms with Crippen molar-refractivity contribution in [1.82, 2.24) is 9.97 Å². The fraction of sp³-hybridized carbons (Fsp3) is 0.316. The summed E-state index contributed by atoms with van der Waals surface area (Å²) in [5.74, 6) is 0.594. The molecule has 5 nitrogen and oxygen atoms in total. The molecule has 7 heteroatoms. The van der Waals surface area contributed by atoms with E-state index in [1.54, 1.807) is 24.8 Å². The second-order valence-corrected chi connectivity index (χ2v) is 7.85. The molecule has 0 N–H and O–H groups in total. The third-order valence-corrected chi connectivity index (χ3v) is 5.77. The highest BCUT2D eigenvalue weighted by atomic mass is 32.2. The summed E-state index contributed by atoms with van der Waals surface area (Å²) in [5.41, 5.74) is 2.12. The van der Waals surface area contributed by atoms with E-state index in [-0.39, 0.29) is 11.2 Å². The van der Waals surface area contributed by atoms with Gasteiger partial charge in [-0.25, -0.2) is 9.97 Å². The minimum Gasteiger partial charge on any atom is -0.497 e. The molecular weight excluding hydrogens is 368 g/mol. The van der Waals surface area contributed by atoms with Crippen LogP contribution in [0.4, 0.5) is 0 Å². The van der Waals surface area contributed by atoms with Gasteiger partial charge in [0.15, 0.2) is 0 Å². The van der Waals surface area contributed by atoms with Gasteiger partial charge in [-0.3, -0.25) is 4.79 Å². The summed E-state index contributed by atoms with van der Waals surface area (Å²) in [7, 11) is 1.65. The smallest absolute Gasteiger partial charge is 0.319 e. The second-order valence-electron chi connectivity index (χ2n) is 5.66. The van der Waals surface area contributed by atoms with Gasteiger partial charge in [0.05, 0.1) is 19.1 Å². The Hall–Kier alpha value is -2.12. The van der Waals surface area contributed by atoms with Crippen molar-refractivity contribution in [2.45, 2.75) is 30.5 Å². The summed E-state index contributed by atoms with van der Waals surface area (Å²) in [6.45, 7) is 4.26. The Morgan fingerprint density at radius 3 is 2.73 bits per heavy atom. The number of thioether (sulfide) groups is 1. The van der Waals surface area contributed by atoms with Crippen molar-refractivity contribution in [3.05, 3.63) is 36.0 Å². The molecule has 2 aromatic heterocycles. The molecule has 0 bridgehead atoms. The SMILES string of the molecule is CCCOC(=O)[C@@H](C)Sc1ncnc2scc(-c3ccc(OC)cc3)c12. The molecule has 3 aromatic rings. The molecular formula is C19H20N2O3S2. The van der Waals surface area contributed by atoms with E-state index in [0.29, 0.717) is 6.61 Å². The first-order valence-corrected chi connectivity index (χ1v) is 10.1. The molecule has 0 aliphatic heterocycles. The Labute approximate surface area is 160 Å². The third-order valence-electron chi connectivity index (χ3n) is 3.81. The first-order valence-electron chi connectivity index (χ1n) is 8.34. The van der Waals surface area contributed by atoms with E-state index in [9.17, 15) is 4.79 Å². The molecule has 0 spiro atoms. The number of carbonyl (C=O) groups is 1. The number of esters is 1. The molecule has 2 heterocycles. The Kier molecular flexibility index (Phi) is 6.11. The predicted octanol–water partition coefficient (Wildman–Crippen LogP) is 4.80. The lowest BCUT2D eigenvalue weighted by atomic mass is 10.1. The van der Waals surface area contributed by atoms with Crippen LogP contribution in [-0.2, 0) is 9.53 Å². The minimum atomic E-state index is -0.330. The molecule has 0 saturated heterocycles. The van der Waals surface area contributed by atoms with Crippen molar-refractivity contribution >= 4 is 39.3 Å². The topological polar surface area (TPSA) is 61.3 Å². The van der Waals surface area contributed by atoms with E-state index < -0.39 is 0 Å². The van der Waals surface area contributed by atoms with E-state index >= 15 is 0 Å². The summed E-state index contributed by atoms with van der Waals surface area (Å²) in [6, 6.07) is 7.89. The van der Waals surface area contributed by atoms with Gasteiger partial charge in [-0.05, 0) is 31.0 Å². The maximum atomic E-state index is 12.1. The number of rotatable bonds is 7. The number of ether oxygens (including phenoxy) is 2. The summed E-state index contributed by atoms with van der Waals surface area (Å²) in [6.07, 6.45) is 2.36. The van der Waals surface area contributed by atoms with Crippen LogP contribution in [0, 0.1) is 0 Å². The molecule has 26 heavy (non-hydrogen) atoms. The standard InChI is InChI=1S/C19H20N2O3S2/c1-4-9-24-19(22)12(2)26-18-16-15(10-25-17(16)20-11-21-18)13-5-7-14(23-3)8-6-13/h5-8,10-12H,4,9H2,1-3H3/t12-/m1/s1. The van der Waals surface area contributed by atoms with Gasteiger partial charge >= 0.3 is 5.97 Å². The third kappa shape index (κ3) is 3.99. The quantitative estimate of drug-likeness (QED) is 0.329. The van der Waals surface area contributed by atoms with Crippen LogP contribution in [0.3, 0.4) is 0 Å². The molecule has 1 atom stereocenters.